The predicted octanol–water partition coefficient (Wildman–Crippen LogP) is 2.21. The zero-order valence-electron chi connectivity index (χ0n) is 9.60. The lowest BCUT2D eigenvalue weighted by Gasteiger charge is -2.03. The molecule has 0 aromatic carbocycles. The molecule has 1 aromatic rings. The second-order valence-corrected chi connectivity index (χ2v) is 5.70. The Balaban J connectivity index is 1.60. The van der Waals surface area contributed by atoms with Gasteiger partial charge in [-0.25, -0.2) is 0 Å². The molecule has 1 saturated carbocycles. The maximum atomic E-state index is 3.50. The molecule has 0 unspecified atom stereocenters. The summed E-state index contributed by atoms with van der Waals surface area (Å²) in [5.41, 5.74) is 1.42. The Kier molecular flexibility index (Phi) is 3.78. The molecule has 1 aliphatic rings. The molecule has 15 heavy (non-hydrogen) atoms. The van der Waals surface area contributed by atoms with Gasteiger partial charge in [0, 0.05) is 35.4 Å². The van der Waals surface area contributed by atoms with Crippen molar-refractivity contribution in [1.82, 2.24) is 10.6 Å². The van der Waals surface area contributed by atoms with Gasteiger partial charge in [0.1, 0.15) is 0 Å². The van der Waals surface area contributed by atoms with Crippen molar-refractivity contribution < 1.29 is 0 Å². The first-order chi connectivity index (χ1) is 7.25. The van der Waals surface area contributed by atoms with Crippen LogP contribution in [0.15, 0.2) is 6.07 Å². The van der Waals surface area contributed by atoms with Crippen molar-refractivity contribution in [3.05, 3.63) is 21.4 Å². The van der Waals surface area contributed by atoms with Crippen molar-refractivity contribution in [1.29, 1.82) is 0 Å². The predicted molar refractivity (Wildman–Crippen MR) is 66.5 cm³/mol. The second-order valence-electron chi connectivity index (χ2n) is 4.36. The van der Waals surface area contributed by atoms with Gasteiger partial charge in [0.05, 0.1) is 0 Å². The van der Waals surface area contributed by atoms with Gasteiger partial charge in [0.25, 0.3) is 0 Å². The molecule has 0 radical (unpaired) electrons. The molecule has 0 aliphatic heterocycles. The molecule has 0 spiro atoms. The van der Waals surface area contributed by atoms with Gasteiger partial charge in [-0.3, -0.25) is 0 Å². The molecule has 0 amide bonds. The van der Waals surface area contributed by atoms with E-state index in [9.17, 15) is 0 Å². The molecule has 84 valence electrons. The van der Waals surface area contributed by atoms with Gasteiger partial charge in [0.2, 0.25) is 0 Å². The van der Waals surface area contributed by atoms with Crippen LogP contribution in [-0.2, 0) is 6.54 Å². The summed E-state index contributed by atoms with van der Waals surface area (Å²) in [6.07, 6.45) is 2.76. The summed E-state index contributed by atoms with van der Waals surface area (Å²) in [7, 11) is 0. The van der Waals surface area contributed by atoms with Crippen LogP contribution in [0.2, 0.25) is 0 Å². The monoisotopic (exact) mass is 224 g/mol. The highest BCUT2D eigenvalue weighted by molar-refractivity contribution is 7.12. The highest BCUT2D eigenvalue weighted by Gasteiger charge is 2.19. The van der Waals surface area contributed by atoms with Crippen molar-refractivity contribution >= 4 is 11.3 Å². The minimum absolute atomic E-state index is 0.832. The standard InChI is InChI=1S/C12H20N2S/c1-9-7-12(15-10(9)2)8-13-5-6-14-11-3-4-11/h7,11,13-14H,3-6,8H2,1-2H3. The summed E-state index contributed by atoms with van der Waals surface area (Å²) in [6, 6.07) is 3.12. The summed E-state index contributed by atoms with van der Waals surface area (Å²) in [5, 5.41) is 6.97. The van der Waals surface area contributed by atoms with Crippen LogP contribution >= 0.6 is 11.3 Å². The van der Waals surface area contributed by atoms with Gasteiger partial charge in [-0.15, -0.1) is 11.3 Å². The molecule has 2 nitrogen and oxygen atoms in total. The topological polar surface area (TPSA) is 24.1 Å². The summed E-state index contributed by atoms with van der Waals surface area (Å²) >= 11 is 1.91. The SMILES string of the molecule is Cc1cc(CNCCNC2CC2)sc1C. The third-order valence-corrected chi connectivity index (χ3v) is 3.98. The normalized spacial score (nSPS) is 15.9. The van der Waals surface area contributed by atoms with E-state index in [1.165, 1.54) is 28.2 Å². The van der Waals surface area contributed by atoms with Crippen LogP contribution in [0.5, 0.6) is 0 Å². The van der Waals surface area contributed by atoms with Crippen LogP contribution in [0.3, 0.4) is 0 Å². The van der Waals surface area contributed by atoms with Crippen LogP contribution in [0.4, 0.5) is 0 Å². The van der Waals surface area contributed by atoms with E-state index in [0.717, 1.165) is 25.7 Å². The molecular formula is C12H20N2S. The van der Waals surface area contributed by atoms with Crippen molar-refractivity contribution in [2.24, 2.45) is 0 Å². The fourth-order valence-corrected chi connectivity index (χ4v) is 2.62. The molecule has 2 rings (SSSR count). The second kappa shape index (κ2) is 5.10. The molecule has 3 heteroatoms. The summed E-state index contributed by atoms with van der Waals surface area (Å²) in [4.78, 5) is 2.90. The molecule has 1 aliphatic carbocycles. The van der Waals surface area contributed by atoms with Crippen molar-refractivity contribution in [2.45, 2.75) is 39.3 Å². The van der Waals surface area contributed by atoms with E-state index in [-0.39, 0.29) is 0 Å². The highest BCUT2D eigenvalue weighted by Crippen LogP contribution is 2.20. The average molecular weight is 224 g/mol. The number of hydrogen-bond donors (Lipinski definition) is 2. The van der Waals surface area contributed by atoms with Gasteiger partial charge < -0.3 is 10.6 Å². The van der Waals surface area contributed by atoms with E-state index in [4.69, 9.17) is 0 Å². The Labute approximate surface area is 96.1 Å². The number of aryl methyl sites for hydroxylation is 2. The number of nitrogens with one attached hydrogen (secondary N) is 2. The first kappa shape index (κ1) is 11.1. The summed E-state index contributed by atoms with van der Waals surface area (Å²) in [5.74, 6) is 0. The Bertz CT molecular complexity index is 296. The van der Waals surface area contributed by atoms with E-state index in [0.29, 0.717) is 0 Å². The lowest BCUT2D eigenvalue weighted by Crippen LogP contribution is -2.28. The molecule has 1 fully saturated rings. The summed E-state index contributed by atoms with van der Waals surface area (Å²) in [6.45, 7) is 7.58. The van der Waals surface area contributed by atoms with Crippen LogP contribution in [-0.4, -0.2) is 19.1 Å². The zero-order valence-corrected chi connectivity index (χ0v) is 10.4. The Hall–Kier alpha value is -0.380. The Morgan fingerprint density at radius 2 is 2.13 bits per heavy atom. The van der Waals surface area contributed by atoms with Gasteiger partial charge >= 0.3 is 0 Å². The third kappa shape index (κ3) is 3.59. The first-order valence-corrected chi connectivity index (χ1v) is 6.57. The van der Waals surface area contributed by atoms with E-state index < -0.39 is 0 Å². The molecule has 2 N–H and O–H groups in total. The minimum atomic E-state index is 0.832. The molecule has 0 atom stereocenters. The van der Waals surface area contributed by atoms with Gasteiger partial charge in [-0.2, -0.15) is 0 Å². The number of thiophene rings is 1. The average Bonchev–Trinajstić information content (AvgIpc) is 2.95. The summed E-state index contributed by atoms with van der Waals surface area (Å²) < 4.78 is 0. The minimum Gasteiger partial charge on any atom is -0.313 e. The molecular weight excluding hydrogens is 204 g/mol. The maximum Gasteiger partial charge on any atom is 0.0300 e. The zero-order chi connectivity index (χ0) is 10.7. The van der Waals surface area contributed by atoms with Crippen LogP contribution in [0.1, 0.15) is 28.2 Å². The fourth-order valence-electron chi connectivity index (χ4n) is 1.60. The van der Waals surface area contributed by atoms with E-state index in [1.807, 2.05) is 11.3 Å². The Morgan fingerprint density at radius 3 is 2.73 bits per heavy atom. The smallest absolute Gasteiger partial charge is 0.0300 e. The van der Waals surface area contributed by atoms with Crippen molar-refractivity contribution in [3.8, 4) is 0 Å². The van der Waals surface area contributed by atoms with Crippen LogP contribution < -0.4 is 10.6 Å². The van der Waals surface area contributed by atoms with E-state index in [1.54, 1.807) is 0 Å². The van der Waals surface area contributed by atoms with Gasteiger partial charge in [-0.1, -0.05) is 0 Å². The lowest BCUT2D eigenvalue weighted by atomic mass is 10.3. The molecule has 0 saturated heterocycles. The first-order valence-electron chi connectivity index (χ1n) is 5.75. The molecule has 1 aromatic heterocycles. The van der Waals surface area contributed by atoms with Crippen LogP contribution in [0, 0.1) is 13.8 Å². The van der Waals surface area contributed by atoms with Gasteiger partial charge in [-0.05, 0) is 38.3 Å². The highest BCUT2D eigenvalue weighted by atomic mass is 32.1. The quantitative estimate of drug-likeness (QED) is 0.724. The Morgan fingerprint density at radius 1 is 1.33 bits per heavy atom. The van der Waals surface area contributed by atoms with Gasteiger partial charge in [0.15, 0.2) is 0 Å². The lowest BCUT2D eigenvalue weighted by molar-refractivity contribution is 0.611. The van der Waals surface area contributed by atoms with E-state index >= 15 is 0 Å². The molecule has 1 heterocycles. The van der Waals surface area contributed by atoms with Crippen molar-refractivity contribution in [3.63, 3.8) is 0 Å². The number of rotatable bonds is 6. The largest absolute Gasteiger partial charge is 0.313 e. The number of hydrogen-bond acceptors (Lipinski definition) is 3. The third-order valence-electron chi connectivity index (χ3n) is 2.83. The fraction of sp³-hybridized carbons (Fsp3) is 0.667. The van der Waals surface area contributed by atoms with Crippen molar-refractivity contribution in [2.75, 3.05) is 13.1 Å². The van der Waals surface area contributed by atoms with E-state index in [2.05, 4.69) is 30.5 Å². The molecule has 0 bridgehead atoms. The maximum absolute atomic E-state index is 3.50. The van der Waals surface area contributed by atoms with Crippen LogP contribution in [0.25, 0.3) is 0 Å².